The highest BCUT2D eigenvalue weighted by Crippen LogP contribution is 2.28. The Morgan fingerprint density at radius 1 is 1.19 bits per heavy atom. The summed E-state index contributed by atoms with van der Waals surface area (Å²) >= 11 is 3.39. The van der Waals surface area contributed by atoms with E-state index in [1.807, 2.05) is 6.07 Å². The molecule has 0 aliphatic heterocycles. The minimum Gasteiger partial charge on any atom is -0.488 e. The van der Waals surface area contributed by atoms with Gasteiger partial charge in [-0.05, 0) is 69.5 Å². The predicted octanol–water partition coefficient (Wildman–Crippen LogP) is 5.62. The van der Waals surface area contributed by atoms with E-state index in [1.165, 1.54) is 36.4 Å². The molecule has 3 aromatic rings. The molecule has 0 radical (unpaired) electrons. The van der Waals surface area contributed by atoms with Crippen molar-refractivity contribution in [2.75, 3.05) is 5.32 Å². The van der Waals surface area contributed by atoms with Crippen LogP contribution in [0.15, 0.2) is 76.8 Å². The van der Waals surface area contributed by atoms with Gasteiger partial charge in [-0.25, -0.2) is 4.39 Å². The van der Waals surface area contributed by atoms with E-state index in [9.17, 15) is 24.6 Å². The molecule has 32 heavy (non-hydrogen) atoms. The fraction of sp³-hybridized carbons (Fsp3) is 0.0435. The number of ether oxygens (including phenoxy) is 1. The molecule has 0 aliphatic rings. The van der Waals surface area contributed by atoms with E-state index in [-0.39, 0.29) is 23.6 Å². The van der Waals surface area contributed by atoms with Gasteiger partial charge in [0.2, 0.25) is 0 Å². The number of carbonyl (C=O) groups excluding carboxylic acids is 1. The van der Waals surface area contributed by atoms with E-state index < -0.39 is 16.6 Å². The lowest BCUT2D eigenvalue weighted by Gasteiger charge is -2.09. The summed E-state index contributed by atoms with van der Waals surface area (Å²) in [5, 5.41) is 22.4. The van der Waals surface area contributed by atoms with Crippen LogP contribution in [0.4, 0.5) is 15.8 Å². The fourth-order valence-electron chi connectivity index (χ4n) is 2.67. The number of halogens is 2. The van der Waals surface area contributed by atoms with Crippen molar-refractivity contribution >= 4 is 39.3 Å². The van der Waals surface area contributed by atoms with Crippen LogP contribution in [0.3, 0.4) is 0 Å². The zero-order valence-electron chi connectivity index (χ0n) is 16.4. The molecule has 0 saturated carbocycles. The van der Waals surface area contributed by atoms with Gasteiger partial charge in [-0.15, -0.1) is 0 Å². The molecule has 0 fully saturated rings. The molecule has 0 atom stereocenters. The summed E-state index contributed by atoms with van der Waals surface area (Å²) in [5.74, 6) is -0.822. The van der Waals surface area contributed by atoms with E-state index in [1.54, 1.807) is 36.4 Å². The molecule has 0 bridgehead atoms. The molecule has 0 unspecified atom stereocenters. The number of carbonyl (C=O) groups is 1. The van der Waals surface area contributed by atoms with Crippen molar-refractivity contribution in [2.24, 2.45) is 0 Å². The van der Waals surface area contributed by atoms with Gasteiger partial charge < -0.3 is 10.1 Å². The number of para-hydroxylation sites is 1. The lowest BCUT2D eigenvalue weighted by molar-refractivity contribution is -0.384. The Bertz CT molecular complexity index is 1240. The predicted molar refractivity (Wildman–Crippen MR) is 120 cm³/mol. The van der Waals surface area contributed by atoms with Gasteiger partial charge >= 0.3 is 0 Å². The third-order valence-electron chi connectivity index (χ3n) is 4.30. The third kappa shape index (κ3) is 5.77. The molecule has 1 amide bonds. The minimum atomic E-state index is -0.729. The smallest absolute Gasteiger partial charge is 0.269 e. The summed E-state index contributed by atoms with van der Waals surface area (Å²) in [6.45, 7) is 0.195. The van der Waals surface area contributed by atoms with Crippen LogP contribution in [0, 0.1) is 27.3 Å². The lowest BCUT2D eigenvalue weighted by atomic mass is 10.1. The van der Waals surface area contributed by atoms with E-state index in [4.69, 9.17) is 4.74 Å². The van der Waals surface area contributed by atoms with E-state index >= 15 is 0 Å². The number of nitro groups is 1. The first-order valence-electron chi connectivity index (χ1n) is 9.20. The van der Waals surface area contributed by atoms with Crippen molar-refractivity contribution in [1.82, 2.24) is 0 Å². The number of hydrogen-bond donors (Lipinski definition) is 1. The van der Waals surface area contributed by atoms with Gasteiger partial charge in [0.25, 0.3) is 11.6 Å². The second kappa shape index (κ2) is 10.3. The van der Waals surface area contributed by atoms with Gasteiger partial charge in [-0.2, -0.15) is 5.26 Å². The van der Waals surface area contributed by atoms with Crippen molar-refractivity contribution in [3.05, 3.63) is 104 Å². The zero-order chi connectivity index (χ0) is 23.1. The summed E-state index contributed by atoms with van der Waals surface area (Å²) in [5.41, 5.74) is 1.09. The number of nitro benzene ring substituents is 1. The quantitative estimate of drug-likeness (QED) is 0.198. The largest absolute Gasteiger partial charge is 0.488 e. The normalized spacial score (nSPS) is 10.8. The first-order valence-corrected chi connectivity index (χ1v) is 10.00. The van der Waals surface area contributed by atoms with Crippen molar-refractivity contribution in [3.63, 3.8) is 0 Å². The monoisotopic (exact) mass is 495 g/mol. The average Bonchev–Trinajstić information content (AvgIpc) is 2.78. The third-order valence-corrected chi connectivity index (χ3v) is 4.92. The Hall–Kier alpha value is -4.03. The summed E-state index contributed by atoms with van der Waals surface area (Å²) in [6, 6.07) is 18.5. The SMILES string of the molecule is N#C/C(=C/c1ccc(OCc2ccc([N+](=O)[O-])cc2)c(Br)c1)C(=O)Nc1ccccc1F. The number of amides is 1. The van der Waals surface area contributed by atoms with Crippen LogP contribution in [0.2, 0.25) is 0 Å². The van der Waals surface area contributed by atoms with Gasteiger partial charge in [-0.1, -0.05) is 18.2 Å². The molecule has 0 aromatic heterocycles. The molecule has 1 N–H and O–H groups in total. The van der Waals surface area contributed by atoms with Crippen molar-refractivity contribution in [1.29, 1.82) is 5.26 Å². The van der Waals surface area contributed by atoms with E-state index in [2.05, 4.69) is 21.2 Å². The van der Waals surface area contributed by atoms with Crippen LogP contribution in [0.25, 0.3) is 6.08 Å². The average molecular weight is 496 g/mol. The number of nitriles is 1. The number of anilines is 1. The number of nitrogens with one attached hydrogen (secondary N) is 1. The van der Waals surface area contributed by atoms with Crippen LogP contribution < -0.4 is 10.1 Å². The van der Waals surface area contributed by atoms with Gasteiger partial charge in [0, 0.05) is 12.1 Å². The maximum Gasteiger partial charge on any atom is 0.269 e. The summed E-state index contributed by atoms with van der Waals surface area (Å²) < 4.78 is 20.0. The lowest BCUT2D eigenvalue weighted by Crippen LogP contribution is -2.14. The second-order valence-corrected chi connectivity index (χ2v) is 7.36. The van der Waals surface area contributed by atoms with Crippen LogP contribution in [-0.2, 0) is 11.4 Å². The summed E-state index contributed by atoms with van der Waals surface area (Å²) in [7, 11) is 0. The Morgan fingerprint density at radius 3 is 2.53 bits per heavy atom. The summed E-state index contributed by atoms with van der Waals surface area (Å²) in [4.78, 5) is 22.6. The molecule has 0 aliphatic carbocycles. The molecule has 0 saturated heterocycles. The Labute approximate surface area is 191 Å². The summed E-state index contributed by atoms with van der Waals surface area (Å²) in [6.07, 6.45) is 1.38. The molecule has 0 spiro atoms. The van der Waals surface area contributed by atoms with Crippen LogP contribution in [0.5, 0.6) is 5.75 Å². The molecule has 3 rings (SSSR count). The van der Waals surface area contributed by atoms with Gasteiger partial charge in [-0.3, -0.25) is 14.9 Å². The van der Waals surface area contributed by atoms with Crippen molar-refractivity contribution in [2.45, 2.75) is 6.61 Å². The number of nitrogens with zero attached hydrogens (tertiary/aromatic N) is 2. The molecular formula is C23H15BrFN3O4. The van der Waals surface area contributed by atoms with Crippen molar-refractivity contribution < 1.29 is 18.8 Å². The van der Waals surface area contributed by atoms with Crippen molar-refractivity contribution in [3.8, 4) is 11.8 Å². The molecule has 160 valence electrons. The van der Waals surface area contributed by atoms with Crippen LogP contribution in [0.1, 0.15) is 11.1 Å². The Kier molecular flexibility index (Phi) is 7.31. The molecule has 0 heterocycles. The molecular weight excluding hydrogens is 481 g/mol. The van der Waals surface area contributed by atoms with Gasteiger partial charge in [0.15, 0.2) is 0 Å². The highest BCUT2D eigenvalue weighted by Gasteiger charge is 2.12. The number of hydrogen-bond acceptors (Lipinski definition) is 5. The first kappa shape index (κ1) is 22.7. The maximum atomic E-state index is 13.7. The number of benzene rings is 3. The first-order chi connectivity index (χ1) is 15.4. The van der Waals surface area contributed by atoms with Crippen LogP contribution >= 0.6 is 15.9 Å². The molecule has 7 nitrogen and oxygen atoms in total. The Balaban J connectivity index is 1.69. The standard InChI is InChI=1S/C23H15BrFN3O4/c24-19-12-16(11-17(13-26)23(29)27-21-4-2-1-3-20(21)25)7-10-22(19)32-14-15-5-8-18(9-6-15)28(30)31/h1-12H,14H2,(H,27,29)/b17-11-. The Morgan fingerprint density at radius 2 is 1.91 bits per heavy atom. The fourth-order valence-corrected chi connectivity index (χ4v) is 3.18. The topological polar surface area (TPSA) is 105 Å². The zero-order valence-corrected chi connectivity index (χ0v) is 18.0. The molecule has 9 heteroatoms. The maximum absolute atomic E-state index is 13.7. The van der Waals surface area contributed by atoms with Gasteiger partial charge in [0.05, 0.1) is 15.1 Å². The van der Waals surface area contributed by atoms with E-state index in [0.29, 0.717) is 15.8 Å². The van der Waals surface area contributed by atoms with Gasteiger partial charge in [0.1, 0.15) is 29.8 Å². The molecule has 3 aromatic carbocycles. The number of rotatable bonds is 7. The van der Waals surface area contributed by atoms with Crippen LogP contribution in [-0.4, -0.2) is 10.8 Å². The minimum absolute atomic E-state index is 0.00147. The van der Waals surface area contributed by atoms with E-state index in [0.717, 1.165) is 5.56 Å². The highest BCUT2D eigenvalue weighted by molar-refractivity contribution is 9.10. The second-order valence-electron chi connectivity index (χ2n) is 6.51. The number of non-ortho nitro benzene ring substituents is 1. The highest BCUT2D eigenvalue weighted by atomic mass is 79.9.